The average Bonchev–Trinajstić information content (AvgIpc) is 3.02. The van der Waals surface area contributed by atoms with Crippen molar-refractivity contribution >= 4 is 29.4 Å². The molecule has 2 heterocycles. The second-order valence-electron chi connectivity index (χ2n) is 6.44. The molecule has 7 heteroatoms. The molecule has 2 saturated heterocycles. The van der Waals surface area contributed by atoms with E-state index in [0.717, 1.165) is 5.56 Å². The van der Waals surface area contributed by atoms with E-state index in [-0.39, 0.29) is 17.9 Å². The number of imide groups is 1. The number of quaternary nitrogens is 1. The zero-order valence-electron chi connectivity index (χ0n) is 13.8. The van der Waals surface area contributed by atoms with Crippen molar-refractivity contribution < 1.29 is 24.4 Å². The average molecular weight is 352 g/mol. The summed E-state index contributed by atoms with van der Waals surface area (Å²) in [6, 6.07) is 6.81. The number of methoxy groups -OCH3 is 1. The number of fused-ring (bicyclic) bond motifs is 1. The van der Waals surface area contributed by atoms with E-state index in [0.29, 0.717) is 11.6 Å². The van der Waals surface area contributed by atoms with Crippen molar-refractivity contribution in [3.05, 3.63) is 34.9 Å². The summed E-state index contributed by atoms with van der Waals surface area (Å²) in [4.78, 5) is 39.2. The van der Waals surface area contributed by atoms with Crippen LogP contribution in [0.3, 0.4) is 0 Å². The van der Waals surface area contributed by atoms with Crippen LogP contribution in [0, 0.1) is 11.8 Å². The van der Waals surface area contributed by atoms with Crippen LogP contribution in [0.15, 0.2) is 24.3 Å². The Morgan fingerprint density at radius 1 is 1.29 bits per heavy atom. The van der Waals surface area contributed by atoms with E-state index >= 15 is 0 Å². The molecule has 0 aliphatic carbocycles. The van der Waals surface area contributed by atoms with E-state index in [2.05, 4.69) is 0 Å². The molecule has 0 spiro atoms. The molecule has 0 unspecified atom stereocenters. The molecular formula is C17H20ClN2O4+. The number of rotatable bonds is 3. The third kappa shape index (κ3) is 2.24. The predicted octanol–water partition coefficient (Wildman–Crippen LogP) is 0.511. The molecule has 1 aromatic carbocycles. The Kier molecular flexibility index (Phi) is 4.13. The minimum atomic E-state index is -1.12. The molecule has 6 nitrogen and oxygen atoms in total. The number of nitrogens with two attached hydrogens (primary N) is 1. The van der Waals surface area contributed by atoms with E-state index < -0.39 is 23.3 Å². The van der Waals surface area contributed by atoms with Crippen LogP contribution in [0.5, 0.6) is 0 Å². The number of ether oxygens (including phenoxy) is 1. The molecule has 2 amide bonds. The van der Waals surface area contributed by atoms with Crippen molar-refractivity contribution in [3.8, 4) is 0 Å². The summed E-state index contributed by atoms with van der Waals surface area (Å²) >= 11 is 5.94. The van der Waals surface area contributed by atoms with E-state index in [4.69, 9.17) is 16.3 Å². The third-order valence-electron chi connectivity index (χ3n) is 5.20. The number of nitrogens with zero attached hydrogens (tertiary/aromatic N) is 1. The molecule has 4 atom stereocenters. The van der Waals surface area contributed by atoms with Crippen molar-refractivity contribution in [1.82, 2.24) is 4.90 Å². The fourth-order valence-corrected chi connectivity index (χ4v) is 4.16. The van der Waals surface area contributed by atoms with Gasteiger partial charge in [-0.1, -0.05) is 23.7 Å². The molecule has 3 rings (SSSR count). The molecule has 128 valence electrons. The van der Waals surface area contributed by atoms with E-state index in [9.17, 15) is 14.4 Å². The first-order chi connectivity index (χ1) is 11.3. The van der Waals surface area contributed by atoms with Gasteiger partial charge in [-0.15, -0.1) is 0 Å². The summed E-state index contributed by atoms with van der Waals surface area (Å²) in [6.07, 6.45) is 0. The third-order valence-corrected chi connectivity index (χ3v) is 5.45. The molecule has 1 aromatic rings. The molecule has 24 heavy (non-hydrogen) atoms. The predicted molar refractivity (Wildman–Crippen MR) is 85.9 cm³/mol. The van der Waals surface area contributed by atoms with E-state index in [1.54, 1.807) is 31.3 Å². The molecule has 0 bridgehead atoms. The van der Waals surface area contributed by atoms with Crippen LogP contribution in [0.1, 0.15) is 25.5 Å². The zero-order valence-corrected chi connectivity index (χ0v) is 14.5. The molecule has 2 N–H and O–H groups in total. The summed E-state index contributed by atoms with van der Waals surface area (Å²) in [7, 11) is 1.30. The maximum atomic E-state index is 12.8. The molecular weight excluding hydrogens is 332 g/mol. The first-order valence-corrected chi connectivity index (χ1v) is 8.28. The topological polar surface area (TPSA) is 80.3 Å². The van der Waals surface area contributed by atoms with Crippen LogP contribution in [-0.2, 0) is 19.1 Å². The van der Waals surface area contributed by atoms with Gasteiger partial charge in [-0.05, 0) is 19.1 Å². The Morgan fingerprint density at radius 2 is 1.92 bits per heavy atom. The Hall–Kier alpha value is -1.92. The number of esters is 1. The van der Waals surface area contributed by atoms with Gasteiger partial charge in [0.25, 0.3) is 0 Å². The lowest BCUT2D eigenvalue weighted by Gasteiger charge is -2.25. The van der Waals surface area contributed by atoms with Gasteiger partial charge in [0.2, 0.25) is 17.4 Å². The maximum Gasteiger partial charge on any atom is 0.368 e. The Morgan fingerprint density at radius 3 is 2.46 bits per heavy atom. The van der Waals surface area contributed by atoms with Gasteiger partial charge in [-0.25, -0.2) is 4.79 Å². The molecule has 0 radical (unpaired) electrons. The number of hydrogen-bond donors (Lipinski definition) is 1. The van der Waals surface area contributed by atoms with Gasteiger partial charge in [0.05, 0.1) is 7.11 Å². The van der Waals surface area contributed by atoms with Crippen LogP contribution < -0.4 is 5.32 Å². The Balaban J connectivity index is 2.09. The highest BCUT2D eigenvalue weighted by Crippen LogP contribution is 2.44. The molecule has 2 aliphatic rings. The fraction of sp³-hybridized carbons (Fsp3) is 0.471. The monoisotopic (exact) mass is 351 g/mol. The molecule has 2 fully saturated rings. The van der Waals surface area contributed by atoms with Gasteiger partial charge in [-0.2, -0.15) is 0 Å². The van der Waals surface area contributed by atoms with Crippen molar-refractivity contribution in [2.75, 3.05) is 13.7 Å². The first kappa shape index (κ1) is 16.9. The van der Waals surface area contributed by atoms with Crippen molar-refractivity contribution in [2.24, 2.45) is 11.8 Å². The van der Waals surface area contributed by atoms with Crippen molar-refractivity contribution in [3.63, 3.8) is 0 Å². The van der Waals surface area contributed by atoms with E-state index in [1.807, 2.05) is 12.1 Å². The lowest BCUT2D eigenvalue weighted by atomic mass is 9.80. The highest BCUT2D eigenvalue weighted by atomic mass is 35.5. The SMILES string of the molecule is CCN1C(=O)[C@@H]2[C@@H](C1=O)[C@](C)(C(=O)OC)[NH2+][C@H]2c1ccc(Cl)cc1. The Labute approximate surface area is 145 Å². The normalized spacial score (nSPS) is 32.2. The largest absolute Gasteiger partial charge is 0.464 e. The van der Waals surface area contributed by atoms with Gasteiger partial charge in [0, 0.05) is 24.1 Å². The Bertz CT molecular complexity index is 705. The summed E-state index contributed by atoms with van der Waals surface area (Å²) in [5.41, 5.74) is -0.262. The summed E-state index contributed by atoms with van der Waals surface area (Å²) in [5.74, 6) is -2.32. The summed E-state index contributed by atoms with van der Waals surface area (Å²) in [5, 5.41) is 2.38. The van der Waals surface area contributed by atoms with Gasteiger partial charge >= 0.3 is 5.97 Å². The lowest BCUT2D eigenvalue weighted by Crippen LogP contribution is -2.97. The van der Waals surface area contributed by atoms with Crippen molar-refractivity contribution in [2.45, 2.75) is 25.4 Å². The van der Waals surface area contributed by atoms with Crippen LogP contribution in [0.25, 0.3) is 0 Å². The quantitative estimate of drug-likeness (QED) is 0.635. The van der Waals surface area contributed by atoms with Crippen LogP contribution in [0.4, 0.5) is 0 Å². The number of benzene rings is 1. The second-order valence-corrected chi connectivity index (χ2v) is 6.88. The first-order valence-electron chi connectivity index (χ1n) is 7.90. The van der Waals surface area contributed by atoms with Gasteiger partial charge < -0.3 is 10.1 Å². The number of amides is 2. The highest BCUT2D eigenvalue weighted by molar-refractivity contribution is 6.30. The van der Waals surface area contributed by atoms with Gasteiger partial charge in [0.15, 0.2) is 0 Å². The zero-order chi connectivity index (χ0) is 17.6. The highest BCUT2D eigenvalue weighted by Gasteiger charge is 2.70. The van der Waals surface area contributed by atoms with Crippen molar-refractivity contribution in [1.29, 1.82) is 0 Å². The molecule has 0 aromatic heterocycles. The fourth-order valence-electron chi connectivity index (χ4n) is 4.04. The molecule has 0 saturated carbocycles. The lowest BCUT2D eigenvalue weighted by molar-refractivity contribution is -0.731. The number of carbonyl (C=O) groups excluding carboxylic acids is 3. The maximum absolute atomic E-state index is 12.8. The number of carbonyl (C=O) groups is 3. The number of likely N-dealkylation sites (tertiary alicyclic amines) is 1. The number of hydrogen-bond acceptors (Lipinski definition) is 4. The van der Waals surface area contributed by atoms with Gasteiger partial charge in [-0.3, -0.25) is 14.5 Å². The minimum Gasteiger partial charge on any atom is -0.464 e. The van der Waals surface area contributed by atoms with Crippen LogP contribution >= 0.6 is 11.6 Å². The standard InChI is InChI=1S/C17H19ClN2O4/c1-4-20-14(21)11-12(15(20)22)17(2,16(23)24-3)19-13(11)9-5-7-10(18)8-6-9/h5-8,11-13,19H,4H2,1-3H3/p+1/t11-,12+,13+,17-/m1/s1. The summed E-state index contributed by atoms with van der Waals surface area (Å²) < 4.78 is 4.93. The van der Waals surface area contributed by atoms with Crippen LogP contribution in [-0.4, -0.2) is 41.9 Å². The minimum absolute atomic E-state index is 0.226. The summed E-state index contributed by atoms with van der Waals surface area (Å²) in [6.45, 7) is 3.74. The van der Waals surface area contributed by atoms with Gasteiger partial charge in [0.1, 0.15) is 17.9 Å². The second kappa shape index (κ2) is 5.86. The van der Waals surface area contributed by atoms with E-state index in [1.165, 1.54) is 12.0 Å². The smallest absolute Gasteiger partial charge is 0.368 e. The van der Waals surface area contributed by atoms with Crippen LogP contribution in [0.2, 0.25) is 5.02 Å². The number of halogens is 1. The molecule has 2 aliphatic heterocycles.